The van der Waals surface area contributed by atoms with Crippen LogP contribution in [0, 0.1) is 5.92 Å². The van der Waals surface area contributed by atoms with E-state index in [9.17, 15) is 14.4 Å². The SMILES string of the molecule is NC(=O)CC(CC(N)=O)[C@H](CC(=O)O)c1ccccc1. The molecule has 0 heterocycles. The lowest BCUT2D eigenvalue weighted by atomic mass is 9.79. The summed E-state index contributed by atoms with van der Waals surface area (Å²) in [5.41, 5.74) is 11.1. The minimum atomic E-state index is -1.00. The highest BCUT2D eigenvalue weighted by atomic mass is 16.4. The van der Waals surface area contributed by atoms with Gasteiger partial charge in [0.25, 0.3) is 0 Å². The van der Waals surface area contributed by atoms with Crippen LogP contribution in [0.4, 0.5) is 0 Å². The van der Waals surface area contributed by atoms with Crippen molar-refractivity contribution in [3.8, 4) is 0 Å². The molecule has 0 aromatic heterocycles. The van der Waals surface area contributed by atoms with E-state index in [1.807, 2.05) is 0 Å². The van der Waals surface area contributed by atoms with Gasteiger partial charge in [-0.05, 0) is 17.4 Å². The van der Waals surface area contributed by atoms with E-state index in [2.05, 4.69) is 0 Å². The predicted molar refractivity (Wildman–Crippen MR) is 72.5 cm³/mol. The van der Waals surface area contributed by atoms with Crippen LogP contribution in [0.3, 0.4) is 0 Å². The third-order valence-corrected chi connectivity index (χ3v) is 3.12. The molecule has 0 unspecified atom stereocenters. The number of rotatable bonds is 8. The number of carboxylic acids is 1. The van der Waals surface area contributed by atoms with Gasteiger partial charge in [0, 0.05) is 12.8 Å². The average Bonchev–Trinajstić information content (AvgIpc) is 2.35. The van der Waals surface area contributed by atoms with E-state index in [0.29, 0.717) is 0 Å². The van der Waals surface area contributed by atoms with Crippen LogP contribution < -0.4 is 11.5 Å². The number of carboxylic acid groups (broad SMARTS) is 1. The Balaban J connectivity index is 3.06. The Morgan fingerprint density at radius 2 is 1.45 bits per heavy atom. The van der Waals surface area contributed by atoms with Crippen LogP contribution in [-0.2, 0) is 14.4 Å². The van der Waals surface area contributed by atoms with Gasteiger partial charge in [-0.3, -0.25) is 14.4 Å². The number of primary amides is 2. The molecule has 0 bridgehead atoms. The summed E-state index contributed by atoms with van der Waals surface area (Å²) >= 11 is 0. The highest BCUT2D eigenvalue weighted by Crippen LogP contribution is 2.32. The summed E-state index contributed by atoms with van der Waals surface area (Å²) in [6, 6.07) is 8.88. The number of nitrogens with two attached hydrogens (primary N) is 2. The molecule has 0 saturated heterocycles. The summed E-state index contributed by atoms with van der Waals surface area (Å²) in [6.45, 7) is 0. The molecule has 0 aliphatic heterocycles. The zero-order valence-corrected chi connectivity index (χ0v) is 11.0. The molecule has 20 heavy (non-hydrogen) atoms. The molecule has 1 aromatic carbocycles. The van der Waals surface area contributed by atoms with Crippen molar-refractivity contribution in [3.05, 3.63) is 35.9 Å². The second-order valence-electron chi connectivity index (χ2n) is 4.72. The fourth-order valence-electron chi connectivity index (χ4n) is 2.32. The predicted octanol–water partition coefficient (Wildman–Crippen LogP) is 0.612. The first-order valence-corrected chi connectivity index (χ1v) is 6.23. The Hall–Kier alpha value is -2.37. The van der Waals surface area contributed by atoms with E-state index in [-0.39, 0.29) is 19.3 Å². The molecule has 108 valence electrons. The van der Waals surface area contributed by atoms with Crippen molar-refractivity contribution in [2.24, 2.45) is 17.4 Å². The summed E-state index contributed by atoms with van der Waals surface area (Å²) in [5, 5.41) is 9.03. The Morgan fingerprint density at radius 3 is 1.85 bits per heavy atom. The van der Waals surface area contributed by atoms with E-state index >= 15 is 0 Å². The normalized spacial score (nSPS) is 12.1. The number of benzene rings is 1. The minimum absolute atomic E-state index is 0.0736. The maximum atomic E-state index is 11.1. The Labute approximate surface area is 116 Å². The van der Waals surface area contributed by atoms with Crippen molar-refractivity contribution in [1.82, 2.24) is 0 Å². The molecule has 0 saturated carbocycles. The van der Waals surface area contributed by atoms with Crippen molar-refractivity contribution in [2.45, 2.75) is 25.2 Å². The summed E-state index contributed by atoms with van der Waals surface area (Å²) in [6.07, 6.45) is -0.333. The molecule has 0 fully saturated rings. The lowest BCUT2D eigenvalue weighted by molar-refractivity contribution is -0.138. The van der Waals surface area contributed by atoms with Crippen LogP contribution in [0.5, 0.6) is 0 Å². The minimum Gasteiger partial charge on any atom is -0.481 e. The molecule has 5 N–H and O–H groups in total. The second-order valence-corrected chi connectivity index (χ2v) is 4.72. The van der Waals surface area contributed by atoms with Crippen LogP contribution in [0.1, 0.15) is 30.7 Å². The summed E-state index contributed by atoms with van der Waals surface area (Å²) in [5.74, 6) is -3.15. The number of aliphatic carboxylic acids is 1. The van der Waals surface area contributed by atoms with Crippen LogP contribution in [-0.4, -0.2) is 22.9 Å². The van der Waals surface area contributed by atoms with E-state index in [1.165, 1.54) is 0 Å². The summed E-state index contributed by atoms with van der Waals surface area (Å²) in [4.78, 5) is 33.3. The van der Waals surface area contributed by atoms with Gasteiger partial charge in [0.15, 0.2) is 0 Å². The maximum absolute atomic E-state index is 11.1. The molecule has 1 atom stereocenters. The van der Waals surface area contributed by atoms with Crippen LogP contribution in [0.25, 0.3) is 0 Å². The lowest BCUT2D eigenvalue weighted by Crippen LogP contribution is -2.27. The van der Waals surface area contributed by atoms with Gasteiger partial charge in [-0.25, -0.2) is 0 Å². The topological polar surface area (TPSA) is 123 Å². The molecule has 1 aromatic rings. The van der Waals surface area contributed by atoms with Gasteiger partial charge in [0.1, 0.15) is 0 Å². The van der Waals surface area contributed by atoms with E-state index in [4.69, 9.17) is 16.6 Å². The van der Waals surface area contributed by atoms with Crippen LogP contribution >= 0.6 is 0 Å². The molecular formula is C14H18N2O4. The Bertz CT molecular complexity index is 471. The zero-order chi connectivity index (χ0) is 15.1. The smallest absolute Gasteiger partial charge is 0.303 e. The molecule has 1 rings (SSSR count). The molecule has 6 heteroatoms. The van der Waals surface area contributed by atoms with Gasteiger partial charge in [-0.2, -0.15) is 0 Å². The quantitative estimate of drug-likeness (QED) is 0.644. The zero-order valence-electron chi connectivity index (χ0n) is 11.0. The van der Waals surface area contributed by atoms with Gasteiger partial charge in [0.2, 0.25) is 11.8 Å². The first-order valence-electron chi connectivity index (χ1n) is 6.23. The van der Waals surface area contributed by atoms with Crippen LogP contribution in [0.15, 0.2) is 30.3 Å². The van der Waals surface area contributed by atoms with E-state index in [1.54, 1.807) is 30.3 Å². The van der Waals surface area contributed by atoms with Crippen molar-refractivity contribution >= 4 is 17.8 Å². The van der Waals surface area contributed by atoms with Crippen molar-refractivity contribution in [1.29, 1.82) is 0 Å². The standard InChI is InChI=1S/C14H18N2O4/c15-12(17)6-10(7-13(16)18)11(8-14(19)20)9-4-2-1-3-5-9/h1-5,10-11H,6-8H2,(H2,15,17)(H2,16,18)(H,19,20)/t11-/m1/s1. The number of hydrogen-bond donors (Lipinski definition) is 3. The number of amides is 2. The summed E-state index contributed by atoms with van der Waals surface area (Å²) < 4.78 is 0. The Kier molecular flexibility index (Phi) is 5.71. The molecule has 2 amide bonds. The highest BCUT2D eigenvalue weighted by Gasteiger charge is 2.28. The largest absolute Gasteiger partial charge is 0.481 e. The second kappa shape index (κ2) is 7.28. The molecule has 6 nitrogen and oxygen atoms in total. The molecule has 0 radical (unpaired) electrons. The third kappa shape index (κ3) is 5.09. The Morgan fingerprint density at radius 1 is 0.950 bits per heavy atom. The highest BCUT2D eigenvalue weighted by molar-refractivity contribution is 5.78. The number of carbonyl (C=O) groups excluding carboxylic acids is 2. The first kappa shape index (κ1) is 15.7. The van der Waals surface area contributed by atoms with Crippen molar-refractivity contribution in [3.63, 3.8) is 0 Å². The summed E-state index contributed by atoms with van der Waals surface area (Å²) in [7, 11) is 0. The maximum Gasteiger partial charge on any atom is 0.303 e. The fourth-order valence-corrected chi connectivity index (χ4v) is 2.32. The molecule has 0 spiro atoms. The van der Waals surface area contributed by atoms with E-state index < -0.39 is 29.6 Å². The number of hydrogen-bond acceptors (Lipinski definition) is 3. The first-order chi connectivity index (χ1) is 9.40. The third-order valence-electron chi connectivity index (χ3n) is 3.12. The monoisotopic (exact) mass is 278 g/mol. The van der Waals surface area contributed by atoms with Gasteiger partial charge in [0.05, 0.1) is 6.42 Å². The van der Waals surface area contributed by atoms with E-state index in [0.717, 1.165) is 5.56 Å². The van der Waals surface area contributed by atoms with Gasteiger partial charge in [-0.1, -0.05) is 30.3 Å². The lowest BCUT2D eigenvalue weighted by Gasteiger charge is -2.24. The number of carbonyl (C=O) groups is 3. The molecule has 0 aliphatic carbocycles. The molecular weight excluding hydrogens is 260 g/mol. The van der Waals surface area contributed by atoms with Crippen molar-refractivity contribution < 1.29 is 19.5 Å². The van der Waals surface area contributed by atoms with Gasteiger partial charge < -0.3 is 16.6 Å². The van der Waals surface area contributed by atoms with Crippen molar-refractivity contribution in [2.75, 3.05) is 0 Å². The van der Waals surface area contributed by atoms with Gasteiger partial charge >= 0.3 is 5.97 Å². The van der Waals surface area contributed by atoms with Crippen LogP contribution in [0.2, 0.25) is 0 Å². The average molecular weight is 278 g/mol. The van der Waals surface area contributed by atoms with Gasteiger partial charge in [-0.15, -0.1) is 0 Å². The fraction of sp³-hybridized carbons (Fsp3) is 0.357. The molecule has 0 aliphatic rings.